The van der Waals surface area contributed by atoms with E-state index in [-0.39, 0.29) is 5.91 Å². The Balaban J connectivity index is 1.57. The summed E-state index contributed by atoms with van der Waals surface area (Å²) in [5.74, 6) is 0.719. The summed E-state index contributed by atoms with van der Waals surface area (Å²) in [6.45, 7) is 0. The number of halogens is 1. The van der Waals surface area contributed by atoms with Gasteiger partial charge in [0.05, 0.1) is 29.9 Å². The Labute approximate surface area is 176 Å². The maximum atomic E-state index is 12.8. The van der Waals surface area contributed by atoms with Crippen molar-refractivity contribution in [1.82, 2.24) is 9.38 Å². The minimum Gasteiger partial charge on any atom is -0.497 e. The molecule has 0 aliphatic heterocycles. The maximum absolute atomic E-state index is 12.8. The van der Waals surface area contributed by atoms with Crippen LogP contribution in [0.15, 0.2) is 71.5 Å². The van der Waals surface area contributed by atoms with Gasteiger partial charge >= 0.3 is 0 Å². The molecule has 1 amide bonds. The largest absolute Gasteiger partial charge is 0.497 e. The maximum Gasteiger partial charge on any atom is 0.259 e. The third-order valence-corrected chi connectivity index (χ3v) is 5.09. The number of rotatable bonds is 5. The van der Waals surface area contributed by atoms with Crippen LogP contribution in [0.3, 0.4) is 0 Å². The molecule has 6 nitrogen and oxygen atoms in total. The van der Waals surface area contributed by atoms with Gasteiger partial charge in [0.15, 0.2) is 0 Å². The number of hydrogen-bond acceptors (Lipinski definition) is 4. The molecule has 0 bridgehead atoms. The lowest BCUT2D eigenvalue weighted by atomic mass is 10.1. The molecule has 0 saturated heterocycles. The van der Waals surface area contributed by atoms with Crippen LogP contribution in [0.2, 0.25) is 0 Å². The molecule has 2 aromatic heterocycles. The fourth-order valence-electron chi connectivity index (χ4n) is 3.06. The SMILES string of the molecule is COc1cc(Br)c(OC)c(C(=O)Nc2ccc(-c3cn4ccccc4n3)cc2)c1. The Morgan fingerprint density at radius 2 is 1.86 bits per heavy atom. The highest BCUT2D eigenvalue weighted by atomic mass is 79.9. The third kappa shape index (κ3) is 3.82. The topological polar surface area (TPSA) is 64.9 Å². The summed E-state index contributed by atoms with van der Waals surface area (Å²) in [5, 5.41) is 2.90. The predicted molar refractivity (Wildman–Crippen MR) is 116 cm³/mol. The molecule has 0 spiro atoms. The number of imidazole rings is 1. The van der Waals surface area contributed by atoms with Crippen molar-refractivity contribution in [3.8, 4) is 22.8 Å². The van der Waals surface area contributed by atoms with Crippen LogP contribution in [0, 0.1) is 0 Å². The van der Waals surface area contributed by atoms with Crippen LogP contribution in [0.4, 0.5) is 5.69 Å². The monoisotopic (exact) mass is 451 g/mol. The number of ether oxygens (including phenoxy) is 2. The van der Waals surface area contributed by atoms with Gasteiger partial charge < -0.3 is 19.2 Å². The zero-order chi connectivity index (χ0) is 20.4. The molecule has 2 heterocycles. The van der Waals surface area contributed by atoms with Gasteiger partial charge in [-0.15, -0.1) is 0 Å². The number of aromatic nitrogens is 2. The predicted octanol–water partition coefficient (Wildman–Crippen LogP) is 5.03. The fourth-order valence-corrected chi connectivity index (χ4v) is 3.66. The second-order valence-corrected chi connectivity index (χ2v) is 7.17. The second-order valence-electron chi connectivity index (χ2n) is 6.31. The quantitative estimate of drug-likeness (QED) is 0.461. The number of carbonyl (C=O) groups excluding carboxylic acids is 1. The second kappa shape index (κ2) is 7.97. The van der Waals surface area contributed by atoms with Crippen LogP contribution in [-0.4, -0.2) is 29.5 Å². The number of anilines is 1. The Morgan fingerprint density at radius 3 is 2.55 bits per heavy atom. The third-order valence-electron chi connectivity index (χ3n) is 4.50. The van der Waals surface area contributed by atoms with Crippen LogP contribution in [0.25, 0.3) is 16.9 Å². The smallest absolute Gasteiger partial charge is 0.259 e. The highest BCUT2D eigenvalue weighted by Crippen LogP contribution is 2.34. The molecular weight excluding hydrogens is 434 g/mol. The van der Waals surface area contributed by atoms with Crippen molar-refractivity contribution < 1.29 is 14.3 Å². The van der Waals surface area contributed by atoms with E-state index in [1.807, 2.05) is 59.3 Å². The number of amides is 1. The number of nitrogens with one attached hydrogen (secondary N) is 1. The van der Waals surface area contributed by atoms with E-state index in [1.54, 1.807) is 19.2 Å². The Bertz CT molecular complexity index is 1150. The Kier molecular flexibility index (Phi) is 5.22. The highest BCUT2D eigenvalue weighted by Gasteiger charge is 2.17. The molecule has 4 rings (SSSR count). The number of nitrogens with zero attached hydrogens (tertiary/aromatic N) is 2. The summed E-state index contributed by atoms with van der Waals surface area (Å²) in [7, 11) is 3.07. The summed E-state index contributed by atoms with van der Waals surface area (Å²) in [4.78, 5) is 17.4. The van der Waals surface area contributed by atoms with Gasteiger partial charge in [-0.25, -0.2) is 4.98 Å². The fraction of sp³-hybridized carbons (Fsp3) is 0.0909. The first kappa shape index (κ1) is 19.0. The van der Waals surface area contributed by atoms with Crippen LogP contribution in [0.5, 0.6) is 11.5 Å². The van der Waals surface area contributed by atoms with E-state index in [2.05, 4.69) is 26.2 Å². The summed E-state index contributed by atoms with van der Waals surface area (Å²) in [6, 6.07) is 16.8. The number of hydrogen-bond donors (Lipinski definition) is 1. The summed E-state index contributed by atoms with van der Waals surface area (Å²) in [5.41, 5.74) is 3.77. The van der Waals surface area contributed by atoms with Gasteiger partial charge in [0.25, 0.3) is 5.91 Å². The van der Waals surface area contributed by atoms with Crippen molar-refractivity contribution in [2.45, 2.75) is 0 Å². The minimum atomic E-state index is -0.290. The van der Waals surface area contributed by atoms with Gasteiger partial charge in [-0.2, -0.15) is 0 Å². The van der Waals surface area contributed by atoms with Crippen molar-refractivity contribution in [2.24, 2.45) is 0 Å². The van der Waals surface area contributed by atoms with Crippen molar-refractivity contribution in [3.63, 3.8) is 0 Å². The van der Waals surface area contributed by atoms with Crippen molar-refractivity contribution in [2.75, 3.05) is 19.5 Å². The lowest BCUT2D eigenvalue weighted by Gasteiger charge is -2.13. The van der Waals surface area contributed by atoms with Gasteiger partial charge in [0.2, 0.25) is 0 Å². The average molecular weight is 452 g/mol. The molecule has 7 heteroatoms. The number of carbonyl (C=O) groups is 1. The first-order chi connectivity index (χ1) is 14.1. The van der Waals surface area contributed by atoms with Crippen LogP contribution >= 0.6 is 15.9 Å². The van der Waals surface area contributed by atoms with Crippen molar-refractivity contribution in [3.05, 3.63) is 77.0 Å². The van der Waals surface area contributed by atoms with E-state index >= 15 is 0 Å². The van der Waals surface area contributed by atoms with E-state index in [0.717, 1.165) is 16.9 Å². The molecule has 0 unspecified atom stereocenters. The summed E-state index contributed by atoms with van der Waals surface area (Å²) < 4.78 is 13.2. The standard InChI is InChI=1S/C22H18BrN3O3/c1-28-16-11-17(21(29-2)18(23)12-16)22(27)24-15-8-6-14(7-9-15)19-13-26-10-4-3-5-20(26)25-19/h3-13H,1-2H3,(H,24,27). The average Bonchev–Trinajstić information content (AvgIpc) is 3.17. The van der Waals surface area contributed by atoms with Crippen molar-refractivity contribution >= 4 is 33.2 Å². The number of benzene rings is 2. The molecule has 0 radical (unpaired) electrons. The molecule has 146 valence electrons. The molecule has 0 fully saturated rings. The first-order valence-corrected chi connectivity index (χ1v) is 9.65. The van der Waals surface area contributed by atoms with Gasteiger partial charge in [0, 0.05) is 23.6 Å². The lowest BCUT2D eigenvalue weighted by molar-refractivity contribution is 0.102. The summed E-state index contributed by atoms with van der Waals surface area (Å²) in [6.07, 6.45) is 3.93. The number of fused-ring (bicyclic) bond motifs is 1. The van der Waals surface area contributed by atoms with E-state index < -0.39 is 0 Å². The van der Waals surface area contributed by atoms with Gasteiger partial charge in [-0.05, 0) is 52.3 Å². The van der Waals surface area contributed by atoms with E-state index in [1.165, 1.54) is 7.11 Å². The van der Waals surface area contributed by atoms with Gasteiger partial charge in [-0.1, -0.05) is 18.2 Å². The first-order valence-electron chi connectivity index (χ1n) is 8.86. The van der Waals surface area contributed by atoms with Crippen molar-refractivity contribution in [1.29, 1.82) is 0 Å². The molecule has 2 aromatic carbocycles. The van der Waals surface area contributed by atoms with Crippen LogP contribution < -0.4 is 14.8 Å². The van der Waals surface area contributed by atoms with Crippen LogP contribution in [0.1, 0.15) is 10.4 Å². The lowest BCUT2D eigenvalue weighted by Crippen LogP contribution is -2.13. The molecule has 1 N–H and O–H groups in total. The normalized spacial score (nSPS) is 10.7. The van der Waals surface area contributed by atoms with Gasteiger partial charge in [-0.3, -0.25) is 4.79 Å². The molecule has 4 aromatic rings. The zero-order valence-corrected chi connectivity index (χ0v) is 17.4. The number of pyridine rings is 1. The van der Waals surface area contributed by atoms with E-state index in [0.29, 0.717) is 27.2 Å². The molecule has 0 aliphatic carbocycles. The van der Waals surface area contributed by atoms with E-state index in [9.17, 15) is 4.79 Å². The van der Waals surface area contributed by atoms with Crippen LogP contribution in [-0.2, 0) is 0 Å². The zero-order valence-electron chi connectivity index (χ0n) is 15.8. The molecular formula is C22H18BrN3O3. The van der Waals surface area contributed by atoms with Gasteiger partial charge in [0.1, 0.15) is 17.1 Å². The molecule has 0 atom stereocenters. The Morgan fingerprint density at radius 1 is 1.07 bits per heavy atom. The molecule has 29 heavy (non-hydrogen) atoms. The molecule has 0 aliphatic rings. The number of methoxy groups -OCH3 is 2. The highest BCUT2D eigenvalue weighted by molar-refractivity contribution is 9.10. The minimum absolute atomic E-state index is 0.290. The summed E-state index contributed by atoms with van der Waals surface area (Å²) >= 11 is 3.41. The molecule has 0 saturated carbocycles. The van der Waals surface area contributed by atoms with E-state index in [4.69, 9.17) is 9.47 Å². The Hall–Kier alpha value is -3.32.